The lowest BCUT2D eigenvalue weighted by Gasteiger charge is -2.06. The molecule has 0 aliphatic heterocycles. The van der Waals surface area contributed by atoms with Crippen molar-refractivity contribution in [2.45, 2.75) is 6.92 Å². The molecular weight excluding hydrogens is 240 g/mol. The van der Waals surface area contributed by atoms with Gasteiger partial charge in [0.05, 0.1) is 23.5 Å². The minimum atomic E-state index is -0.554. The number of isothiocyanates is 1. The van der Waals surface area contributed by atoms with Crippen molar-refractivity contribution in [3.8, 4) is 0 Å². The number of aliphatic imine (C=N–C) groups is 1. The van der Waals surface area contributed by atoms with Crippen molar-refractivity contribution in [1.82, 2.24) is 0 Å². The first-order valence-corrected chi connectivity index (χ1v) is 5.07. The van der Waals surface area contributed by atoms with Crippen LogP contribution in [0.4, 0.5) is 11.4 Å². The molecule has 0 spiro atoms. The van der Waals surface area contributed by atoms with E-state index in [1.165, 1.54) is 20.1 Å². The first-order chi connectivity index (χ1) is 8.08. The molecule has 5 nitrogen and oxygen atoms in total. The number of carbonyl (C=O) groups excluding carboxylic acids is 2. The van der Waals surface area contributed by atoms with Gasteiger partial charge in [-0.15, -0.1) is 0 Å². The van der Waals surface area contributed by atoms with Crippen molar-refractivity contribution < 1.29 is 14.3 Å². The Bertz CT molecular complexity index is 507. The third-order valence-electron chi connectivity index (χ3n) is 1.89. The number of anilines is 1. The number of amides is 1. The van der Waals surface area contributed by atoms with Crippen LogP contribution in [0.25, 0.3) is 0 Å². The minimum Gasteiger partial charge on any atom is -0.465 e. The number of thiocarbonyl (C=S) groups is 1. The van der Waals surface area contributed by atoms with Gasteiger partial charge in [0.2, 0.25) is 5.91 Å². The summed E-state index contributed by atoms with van der Waals surface area (Å²) in [5.41, 5.74) is 1.05. The zero-order valence-corrected chi connectivity index (χ0v) is 10.1. The predicted octanol–water partition coefficient (Wildman–Crippen LogP) is 2.17. The maximum atomic E-state index is 11.5. The van der Waals surface area contributed by atoms with Gasteiger partial charge in [-0.3, -0.25) is 4.79 Å². The van der Waals surface area contributed by atoms with E-state index in [-0.39, 0.29) is 11.5 Å². The monoisotopic (exact) mass is 250 g/mol. The van der Waals surface area contributed by atoms with Crippen molar-refractivity contribution in [3.63, 3.8) is 0 Å². The minimum absolute atomic E-state index is 0.219. The Labute approximate surface area is 103 Å². The van der Waals surface area contributed by atoms with E-state index in [1.54, 1.807) is 12.1 Å². The van der Waals surface area contributed by atoms with E-state index in [0.717, 1.165) is 0 Å². The first kappa shape index (κ1) is 13.0. The summed E-state index contributed by atoms with van der Waals surface area (Å²) in [7, 11) is 1.26. The van der Waals surface area contributed by atoms with Crippen molar-refractivity contribution in [2.24, 2.45) is 4.99 Å². The standard InChI is InChI=1S/C11H10N2O3S/c1-7(14)13-8-3-4-10(12-6-17)9(5-8)11(15)16-2/h3-5H,1-2H3,(H,13,14). The molecule has 0 unspecified atom stereocenters. The number of methoxy groups -OCH3 is 1. The largest absolute Gasteiger partial charge is 0.465 e. The highest BCUT2D eigenvalue weighted by Crippen LogP contribution is 2.23. The maximum absolute atomic E-state index is 11.5. The molecule has 0 saturated carbocycles. The summed E-state index contributed by atoms with van der Waals surface area (Å²) in [6.45, 7) is 1.38. The van der Waals surface area contributed by atoms with E-state index in [2.05, 4.69) is 32.4 Å². The fourth-order valence-corrected chi connectivity index (χ4v) is 1.34. The third kappa shape index (κ3) is 3.48. The van der Waals surface area contributed by atoms with Crippen LogP contribution >= 0.6 is 12.2 Å². The summed E-state index contributed by atoms with van der Waals surface area (Å²) in [6.07, 6.45) is 0. The van der Waals surface area contributed by atoms with Crippen LogP contribution in [0.3, 0.4) is 0 Å². The molecule has 0 radical (unpaired) electrons. The highest BCUT2D eigenvalue weighted by atomic mass is 32.1. The van der Waals surface area contributed by atoms with E-state index in [1.807, 2.05) is 0 Å². The van der Waals surface area contributed by atoms with Crippen LogP contribution in [-0.4, -0.2) is 24.1 Å². The van der Waals surface area contributed by atoms with Crippen LogP contribution in [0.5, 0.6) is 0 Å². The number of nitrogens with zero attached hydrogens (tertiary/aromatic N) is 1. The second-order valence-electron chi connectivity index (χ2n) is 3.11. The zero-order chi connectivity index (χ0) is 12.8. The molecule has 88 valence electrons. The number of nitrogens with one attached hydrogen (secondary N) is 1. The van der Waals surface area contributed by atoms with Crippen LogP contribution in [-0.2, 0) is 9.53 Å². The van der Waals surface area contributed by atoms with Crippen molar-refractivity contribution in [3.05, 3.63) is 23.8 Å². The Morgan fingerprint density at radius 3 is 2.71 bits per heavy atom. The molecule has 0 aliphatic carbocycles. The summed E-state index contributed by atoms with van der Waals surface area (Å²) in [4.78, 5) is 26.1. The highest BCUT2D eigenvalue weighted by molar-refractivity contribution is 7.78. The van der Waals surface area contributed by atoms with E-state index >= 15 is 0 Å². The van der Waals surface area contributed by atoms with Gasteiger partial charge in [0.15, 0.2) is 0 Å². The SMILES string of the molecule is COC(=O)c1cc(NC(C)=O)ccc1N=C=S. The summed E-state index contributed by atoms with van der Waals surface area (Å²) in [5.74, 6) is -0.784. The fraction of sp³-hybridized carbons (Fsp3) is 0.182. The van der Waals surface area contributed by atoms with Crippen molar-refractivity contribution in [1.29, 1.82) is 0 Å². The molecule has 0 heterocycles. The van der Waals surface area contributed by atoms with Gasteiger partial charge in [-0.25, -0.2) is 4.79 Å². The number of hydrogen-bond donors (Lipinski definition) is 1. The Hall–Kier alpha value is -2.04. The second-order valence-corrected chi connectivity index (χ2v) is 3.29. The lowest BCUT2D eigenvalue weighted by molar-refractivity contribution is -0.114. The summed E-state index contributed by atoms with van der Waals surface area (Å²) < 4.78 is 4.61. The number of hydrogen-bond acceptors (Lipinski definition) is 5. The van der Waals surface area contributed by atoms with Crippen LogP contribution < -0.4 is 5.32 Å². The molecule has 0 saturated heterocycles. The van der Waals surface area contributed by atoms with Gasteiger partial charge in [-0.2, -0.15) is 4.99 Å². The Balaban J connectivity index is 3.23. The van der Waals surface area contributed by atoms with Gasteiger partial charge in [-0.1, -0.05) is 0 Å². The molecule has 0 fully saturated rings. The van der Waals surface area contributed by atoms with Gasteiger partial charge >= 0.3 is 5.97 Å². The zero-order valence-electron chi connectivity index (χ0n) is 9.31. The summed E-state index contributed by atoms with van der Waals surface area (Å²) in [5, 5.41) is 4.74. The average molecular weight is 250 g/mol. The molecule has 0 aromatic heterocycles. The molecule has 6 heteroatoms. The average Bonchev–Trinajstić information content (AvgIpc) is 2.29. The van der Waals surface area contributed by atoms with Crippen molar-refractivity contribution in [2.75, 3.05) is 12.4 Å². The smallest absolute Gasteiger partial charge is 0.340 e. The van der Waals surface area contributed by atoms with Crippen LogP contribution in [0.15, 0.2) is 23.2 Å². The van der Waals surface area contributed by atoms with E-state index < -0.39 is 5.97 Å². The fourth-order valence-electron chi connectivity index (χ4n) is 1.24. The third-order valence-corrected chi connectivity index (χ3v) is 1.98. The molecular formula is C11H10N2O3S. The molecule has 1 aromatic carbocycles. The molecule has 0 bridgehead atoms. The molecule has 1 rings (SSSR count). The predicted molar refractivity (Wildman–Crippen MR) is 66.8 cm³/mol. The summed E-state index contributed by atoms with van der Waals surface area (Å²) in [6, 6.07) is 4.63. The topological polar surface area (TPSA) is 67.8 Å². The number of carbonyl (C=O) groups is 2. The van der Waals surface area contributed by atoms with Crippen molar-refractivity contribution >= 4 is 40.6 Å². The molecule has 0 atom stereocenters. The molecule has 17 heavy (non-hydrogen) atoms. The lowest BCUT2D eigenvalue weighted by Crippen LogP contribution is -2.08. The number of benzene rings is 1. The van der Waals surface area contributed by atoms with Crippen LogP contribution in [0.2, 0.25) is 0 Å². The van der Waals surface area contributed by atoms with Gasteiger partial charge in [0.1, 0.15) is 0 Å². The number of esters is 1. The highest BCUT2D eigenvalue weighted by Gasteiger charge is 2.12. The molecule has 1 amide bonds. The number of ether oxygens (including phenoxy) is 1. The second kappa shape index (κ2) is 5.89. The summed E-state index contributed by atoms with van der Waals surface area (Å²) >= 11 is 4.48. The lowest BCUT2D eigenvalue weighted by atomic mass is 10.1. The van der Waals surface area contributed by atoms with E-state index in [9.17, 15) is 9.59 Å². The van der Waals surface area contributed by atoms with Gasteiger partial charge in [-0.05, 0) is 30.4 Å². The maximum Gasteiger partial charge on any atom is 0.340 e. The normalized spacial score (nSPS) is 9.06. The quantitative estimate of drug-likeness (QED) is 0.507. The molecule has 0 aliphatic rings. The molecule has 1 aromatic rings. The number of rotatable bonds is 3. The Kier molecular flexibility index (Phi) is 4.51. The molecule has 1 N–H and O–H groups in total. The van der Waals surface area contributed by atoms with E-state index in [4.69, 9.17) is 0 Å². The Morgan fingerprint density at radius 1 is 1.47 bits per heavy atom. The van der Waals surface area contributed by atoms with Crippen LogP contribution in [0, 0.1) is 0 Å². The first-order valence-electron chi connectivity index (χ1n) is 4.66. The van der Waals surface area contributed by atoms with E-state index in [0.29, 0.717) is 11.4 Å². The van der Waals surface area contributed by atoms with Crippen LogP contribution in [0.1, 0.15) is 17.3 Å². The van der Waals surface area contributed by atoms with Gasteiger partial charge in [0.25, 0.3) is 0 Å². The van der Waals surface area contributed by atoms with Gasteiger partial charge in [0, 0.05) is 12.6 Å². The Morgan fingerprint density at radius 2 is 2.18 bits per heavy atom. The van der Waals surface area contributed by atoms with Gasteiger partial charge < -0.3 is 10.1 Å².